The molecule has 6 rings (SSSR count). The molecule has 2 heterocycles. The van der Waals surface area contributed by atoms with Crippen LogP contribution in [0.3, 0.4) is 0 Å². The van der Waals surface area contributed by atoms with E-state index in [1.807, 2.05) is 44.3 Å². The minimum absolute atomic E-state index is 0.00897. The number of aliphatic carboxylic acids is 1. The van der Waals surface area contributed by atoms with Crippen LogP contribution in [-0.4, -0.2) is 54.7 Å². The number of hydrogen-bond donors (Lipinski definition) is 2. The zero-order valence-electron chi connectivity index (χ0n) is 24.7. The van der Waals surface area contributed by atoms with Crippen LogP contribution in [0, 0.1) is 18.3 Å². The summed E-state index contributed by atoms with van der Waals surface area (Å²) in [5, 5.41) is 34.8. The van der Waals surface area contributed by atoms with Crippen LogP contribution in [0.1, 0.15) is 77.6 Å². The first-order valence-corrected chi connectivity index (χ1v) is 14.2. The van der Waals surface area contributed by atoms with Gasteiger partial charge in [-0.3, -0.25) is 14.5 Å². The van der Waals surface area contributed by atoms with E-state index in [1.165, 1.54) is 11.1 Å². The van der Waals surface area contributed by atoms with Gasteiger partial charge in [0.15, 0.2) is 0 Å². The summed E-state index contributed by atoms with van der Waals surface area (Å²) in [7, 11) is 1.86. The molecule has 10 nitrogen and oxygen atoms in total. The Hall–Kier alpha value is -4.75. The van der Waals surface area contributed by atoms with E-state index in [4.69, 9.17) is 14.6 Å². The number of rotatable bonds is 5. The molecular formula is C33H35N5O5. The topological polar surface area (TPSA) is 142 Å². The minimum Gasteiger partial charge on any atom is -0.486 e. The Morgan fingerprint density at radius 2 is 1.98 bits per heavy atom. The van der Waals surface area contributed by atoms with Gasteiger partial charge in [-0.05, 0) is 85.7 Å². The summed E-state index contributed by atoms with van der Waals surface area (Å²) in [5.41, 5.74) is 8.45. The van der Waals surface area contributed by atoms with Crippen LogP contribution in [0.25, 0.3) is 11.0 Å². The summed E-state index contributed by atoms with van der Waals surface area (Å²) in [5.74, 6) is -0.315. The molecule has 43 heavy (non-hydrogen) atoms. The summed E-state index contributed by atoms with van der Waals surface area (Å²) < 4.78 is 8.14. The van der Waals surface area contributed by atoms with Gasteiger partial charge >= 0.3 is 5.97 Å². The lowest BCUT2D eigenvalue weighted by atomic mass is 9.84. The van der Waals surface area contributed by atoms with Gasteiger partial charge in [-0.1, -0.05) is 29.5 Å². The molecule has 0 saturated carbocycles. The largest absolute Gasteiger partial charge is 0.486 e. The van der Waals surface area contributed by atoms with Gasteiger partial charge in [0, 0.05) is 37.7 Å². The standard InChI is InChI=1S/C32H33N5O3.CH2O2/c1-19-24(9-11-28-31(19)34-35-36(28)4)25(15-30(38)39)22-7-6-21-8-10-27(26(21)14-22)37-17-23-13-20(16-33)5-12-29(23)40-32(2,3)18-37;2-1-3/h5-7,9,11-14,25,27H,8,10,15,17-18H2,1-4H3,(H,38,39);1H,(H,2,3). The third-order valence-electron chi connectivity index (χ3n) is 8.43. The van der Waals surface area contributed by atoms with E-state index in [-0.39, 0.29) is 24.9 Å². The molecule has 2 aliphatic rings. The minimum atomic E-state index is -0.836. The molecule has 0 radical (unpaired) electrons. The first-order valence-electron chi connectivity index (χ1n) is 14.2. The lowest BCUT2D eigenvalue weighted by Crippen LogP contribution is -2.41. The number of benzene rings is 3. The van der Waals surface area contributed by atoms with Gasteiger partial charge in [-0.2, -0.15) is 5.26 Å². The van der Waals surface area contributed by atoms with Crippen LogP contribution >= 0.6 is 0 Å². The molecular weight excluding hydrogens is 546 g/mol. The summed E-state index contributed by atoms with van der Waals surface area (Å²) in [6.07, 6.45) is 1.94. The maximum absolute atomic E-state index is 12.1. The van der Waals surface area contributed by atoms with Crippen LogP contribution in [0.2, 0.25) is 0 Å². The zero-order valence-corrected chi connectivity index (χ0v) is 24.7. The van der Waals surface area contributed by atoms with Crippen molar-refractivity contribution in [2.75, 3.05) is 6.54 Å². The second kappa shape index (κ2) is 11.9. The number of nitrogens with zero attached hydrogens (tertiary/aromatic N) is 5. The Labute approximate surface area is 250 Å². The molecule has 0 fully saturated rings. The van der Waals surface area contributed by atoms with Crippen molar-refractivity contribution < 1.29 is 24.5 Å². The number of nitriles is 1. The van der Waals surface area contributed by atoms with Crippen LogP contribution < -0.4 is 4.74 Å². The van der Waals surface area contributed by atoms with Gasteiger partial charge in [0.1, 0.15) is 16.9 Å². The number of carbonyl (C=O) groups is 2. The van der Waals surface area contributed by atoms with Crippen molar-refractivity contribution >= 4 is 23.5 Å². The Kier molecular flexibility index (Phi) is 8.20. The number of carboxylic acids is 1. The SMILES string of the molecule is Cc1c(C(CC(=O)O)c2ccc3c(c2)C(N2Cc4cc(C#N)ccc4OC(C)(C)C2)CC3)ccc2c1nnn2C.O=CO. The van der Waals surface area contributed by atoms with E-state index in [2.05, 4.69) is 53.3 Å². The number of aromatic nitrogens is 3. The Morgan fingerprint density at radius 3 is 2.70 bits per heavy atom. The molecule has 4 aromatic rings. The molecule has 0 spiro atoms. The van der Waals surface area contributed by atoms with Crippen molar-refractivity contribution in [3.63, 3.8) is 0 Å². The Balaban J connectivity index is 0.00000118. The number of fused-ring (bicyclic) bond motifs is 3. The molecule has 0 amide bonds. The average Bonchev–Trinajstić information content (AvgIpc) is 3.52. The fraction of sp³-hybridized carbons (Fsp3) is 0.364. The second-order valence-corrected chi connectivity index (χ2v) is 11.8. The van der Waals surface area contributed by atoms with Crippen LogP contribution in [0.4, 0.5) is 0 Å². The van der Waals surface area contributed by atoms with E-state index in [0.29, 0.717) is 12.1 Å². The first kappa shape index (κ1) is 29.7. The maximum atomic E-state index is 12.1. The van der Waals surface area contributed by atoms with Crippen LogP contribution in [0.5, 0.6) is 5.75 Å². The molecule has 222 valence electrons. The summed E-state index contributed by atoms with van der Waals surface area (Å²) in [4.78, 5) is 22.9. The maximum Gasteiger partial charge on any atom is 0.304 e. The highest BCUT2D eigenvalue weighted by Gasteiger charge is 2.36. The van der Waals surface area contributed by atoms with Crippen molar-refractivity contribution in [1.29, 1.82) is 5.26 Å². The Bertz CT molecular complexity index is 1740. The smallest absolute Gasteiger partial charge is 0.304 e. The van der Waals surface area contributed by atoms with Crippen molar-refractivity contribution in [1.82, 2.24) is 19.9 Å². The molecule has 2 N–H and O–H groups in total. The van der Waals surface area contributed by atoms with Crippen molar-refractivity contribution in [3.8, 4) is 11.8 Å². The molecule has 3 aromatic carbocycles. The number of aryl methyl sites for hydroxylation is 3. The molecule has 10 heteroatoms. The highest BCUT2D eigenvalue weighted by molar-refractivity contribution is 5.80. The van der Waals surface area contributed by atoms with Crippen molar-refractivity contribution in [2.24, 2.45) is 7.05 Å². The van der Waals surface area contributed by atoms with E-state index < -0.39 is 11.6 Å². The van der Waals surface area contributed by atoms with Gasteiger partial charge in [0.2, 0.25) is 0 Å². The van der Waals surface area contributed by atoms with Crippen molar-refractivity contribution in [2.45, 2.75) is 64.1 Å². The fourth-order valence-electron chi connectivity index (χ4n) is 6.59. The highest BCUT2D eigenvalue weighted by Crippen LogP contribution is 2.43. The highest BCUT2D eigenvalue weighted by atomic mass is 16.5. The predicted molar refractivity (Wildman–Crippen MR) is 160 cm³/mol. The summed E-state index contributed by atoms with van der Waals surface area (Å²) in [6.45, 7) is 7.38. The van der Waals surface area contributed by atoms with Gasteiger partial charge in [-0.25, -0.2) is 4.68 Å². The number of ether oxygens (including phenoxy) is 1. The van der Waals surface area contributed by atoms with E-state index in [9.17, 15) is 15.2 Å². The van der Waals surface area contributed by atoms with Gasteiger partial charge in [0.05, 0.1) is 23.6 Å². The van der Waals surface area contributed by atoms with E-state index >= 15 is 0 Å². The third-order valence-corrected chi connectivity index (χ3v) is 8.43. The third kappa shape index (κ3) is 5.94. The molecule has 0 bridgehead atoms. The number of carboxylic acid groups (broad SMARTS) is 2. The quantitative estimate of drug-likeness (QED) is 0.307. The fourth-order valence-corrected chi connectivity index (χ4v) is 6.59. The van der Waals surface area contributed by atoms with Gasteiger partial charge in [0.25, 0.3) is 6.47 Å². The van der Waals surface area contributed by atoms with Crippen LogP contribution in [-0.2, 0) is 29.6 Å². The normalized spacial score (nSPS) is 17.8. The van der Waals surface area contributed by atoms with Gasteiger partial charge < -0.3 is 14.9 Å². The molecule has 0 saturated heterocycles. The molecule has 2 unspecified atom stereocenters. The first-order chi connectivity index (χ1) is 20.5. The van der Waals surface area contributed by atoms with Gasteiger partial charge in [-0.15, -0.1) is 5.10 Å². The lowest BCUT2D eigenvalue weighted by molar-refractivity contribution is -0.137. The average molecular weight is 582 g/mol. The van der Waals surface area contributed by atoms with E-state index in [0.717, 1.165) is 58.4 Å². The molecule has 1 aromatic heterocycles. The molecule has 1 aliphatic carbocycles. The predicted octanol–water partition coefficient (Wildman–Crippen LogP) is 5.12. The lowest BCUT2D eigenvalue weighted by Gasteiger charge is -2.34. The Morgan fingerprint density at radius 1 is 1.21 bits per heavy atom. The number of hydrogen-bond acceptors (Lipinski definition) is 7. The second-order valence-electron chi connectivity index (χ2n) is 11.8. The summed E-state index contributed by atoms with van der Waals surface area (Å²) >= 11 is 0. The van der Waals surface area contributed by atoms with E-state index in [1.54, 1.807) is 4.68 Å². The molecule has 1 aliphatic heterocycles. The van der Waals surface area contributed by atoms with Crippen LogP contribution in [0.15, 0.2) is 48.5 Å². The zero-order chi connectivity index (χ0) is 30.9. The monoisotopic (exact) mass is 581 g/mol. The molecule has 2 atom stereocenters. The summed E-state index contributed by atoms with van der Waals surface area (Å²) in [6, 6.07) is 18.6. The van der Waals surface area contributed by atoms with Crippen molar-refractivity contribution in [3.05, 3.63) is 87.5 Å².